The summed E-state index contributed by atoms with van der Waals surface area (Å²) in [7, 11) is 1.76. The Morgan fingerprint density at radius 1 is 1.25 bits per heavy atom. The van der Waals surface area contributed by atoms with Crippen LogP contribution >= 0.6 is 35.7 Å². The molecule has 0 fully saturated rings. The van der Waals surface area contributed by atoms with Crippen LogP contribution in [0.5, 0.6) is 0 Å². The van der Waals surface area contributed by atoms with Crippen LogP contribution in [0.3, 0.4) is 0 Å². The van der Waals surface area contributed by atoms with E-state index < -0.39 is 0 Å². The molecule has 1 aromatic carbocycles. The number of thioether (sulfide) groups is 1. The van der Waals surface area contributed by atoms with Crippen LogP contribution in [0.2, 0.25) is 0 Å². The second-order valence-electron chi connectivity index (χ2n) is 5.30. The Bertz CT molecular complexity index is 626. The molecule has 132 valence electrons. The second-order valence-corrected chi connectivity index (χ2v) is 6.81. The summed E-state index contributed by atoms with van der Waals surface area (Å²) in [4.78, 5) is 9.85. The Morgan fingerprint density at radius 3 is 2.54 bits per heavy atom. The van der Waals surface area contributed by atoms with Crippen LogP contribution in [-0.4, -0.2) is 29.8 Å². The van der Waals surface area contributed by atoms with Gasteiger partial charge < -0.3 is 15.1 Å². The van der Waals surface area contributed by atoms with Crippen molar-refractivity contribution in [3.05, 3.63) is 47.7 Å². The van der Waals surface area contributed by atoms with E-state index >= 15 is 0 Å². The van der Waals surface area contributed by atoms with Gasteiger partial charge in [-0.15, -0.1) is 35.7 Å². The van der Waals surface area contributed by atoms with Crippen LogP contribution in [0.15, 0.2) is 44.6 Å². The van der Waals surface area contributed by atoms with Gasteiger partial charge in [0, 0.05) is 23.7 Å². The van der Waals surface area contributed by atoms with E-state index in [4.69, 9.17) is 4.42 Å². The zero-order valence-electron chi connectivity index (χ0n) is 14.5. The molecule has 2 N–H and O–H groups in total. The van der Waals surface area contributed by atoms with Gasteiger partial charge in [-0.3, -0.25) is 4.99 Å². The summed E-state index contributed by atoms with van der Waals surface area (Å²) in [6.07, 6.45) is 0. The van der Waals surface area contributed by atoms with Gasteiger partial charge in [-0.1, -0.05) is 25.1 Å². The predicted molar refractivity (Wildman–Crippen MR) is 111 cm³/mol. The lowest BCUT2D eigenvalue weighted by Gasteiger charge is -2.15. The Kier molecular flexibility index (Phi) is 9.20. The fourth-order valence-corrected chi connectivity index (χ4v) is 2.95. The summed E-state index contributed by atoms with van der Waals surface area (Å²) in [6, 6.07) is 10.4. The number of hydrogen-bond acceptors (Lipinski definition) is 4. The van der Waals surface area contributed by atoms with Crippen molar-refractivity contribution in [2.24, 2.45) is 4.99 Å². The summed E-state index contributed by atoms with van der Waals surface area (Å²) in [5.74, 6) is 2.28. The van der Waals surface area contributed by atoms with Crippen molar-refractivity contribution in [3.8, 4) is 0 Å². The minimum atomic E-state index is 0. The summed E-state index contributed by atoms with van der Waals surface area (Å²) < 4.78 is 5.55. The number of hydrogen-bond donors (Lipinski definition) is 2. The molecule has 0 bridgehead atoms. The van der Waals surface area contributed by atoms with E-state index in [0.29, 0.717) is 17.7 Å². The van der Waals surface area contributed by atoms with E-state index in [1.165, 1.54) is 4.90 Å². The molecule has 2 rings (SSSR count). The molecule has 1 aromatic heterocycles. The highest BCUT2D eigenvalue weighted by molar-refractivity contribution is 14.0. The highest BCUT2D eigenvalue weighted by Gasteiger charge is 2.08. The highest BCUT2D eigenvalue weighted by Crippen LogP contribution is 2.21. The van der Waals surface area contributed by atoms with Crippen molar-refractivity contribution in [1.82, 2.24) is 15.6 Å². The smallest absolute Gasteiger partial charge is 0.214 e. The molecule has 0 amide bonds. The van der Waals surface area contributed by atoms with Crippen molar-refractivity contribution in [3.63, 3.8) is 0 Å². The molecular formula is C17H25IN4OS. The Hall–Kier alpha value is -1.22. The first-order chi connectivity index (χ1) is 11.1. The normalized spacial score (nSPS) is 12.4. The third-order valence-corrected chi connectivity index (χ3v) is 4.45. The maximum atomic E-state index is 5.55. The molecule has 1 heterocycles. The van der Waals surface area contributed by atoms with Gasteiger partial charge in [-0.25, -0.2) is 4.98 Å². The number of guanidine groups is 1. The number of oxazole rings is 1. The van der Waals surface area contributed by atoms with Gasteiger partial charge in [-0.2, -0.15) is 0 Å². The van der Waals surface area contributed by atoms with Crippen molar-refractivity contribution in [1.29, 1.82) is 0 Å². The number of nitrogens with one attached hydrogen (secondary N) is 2. The summed E-state index contributed by atoms with van der Waals surface area (Å²) >= 11 is 1.84. The van der Waals surface area contributed by atoms with Crippen molar-refractivity contribution in [2.75, 3.05) is 13.6 Å². The number of aliphatic imine (C=N–C) groups is 1. The molecule has 0 spiro atoms. The van der Waals surface area contributed by atoms with Gasteiger partial charge in [0.2, 0.25) is 5.89 Å². The van der Waals surface area contributed by atoms with Crippen LogP contribution in [0.1, 0.15) is 24.3 Å². The van der Waals surface area contributed by atoms with Gasteiger partial charge in [-0.05, 0) is 26.0 Å². The number of aryl methyl sites for hydroxylation is 2. The van der Waals surface area contributed by atoms with Crippen molar-refractivity contribution < 1.29 is 4.42 Å². The van der Waals surface area contributed by atoms with Crippen LogP contribution in [0, 0.1) is 13.8 Å². The largest absolute Gasteiger partial charge is 0.444 e. The van der Waals surface area contributed by atoms with Gasteiger partial charge in [0.1, 0.15) is 5.76 Å². The summed E-state index contributed by atoms with van der Waals surface area (Å²) in [6.45, 7) is 7.40. The van der Waals surface area contributed by atoms with E-state index in [0.717, 1.165) is 24.0 Å². The third kappa shape index (κ3) is 6.72. The fourth-order valence-electron chi connectivity index (χ4n) is 2.01. The second kappa shape index (κ2) is 10.6. The maximum absolute atomic E-state index is 5.55. The standard InChI is InChI=1S/C17H24N4OS.HI/c1-12(23-15-8-6-5-7-9-15)10-19-17(18-4)20-11-16-21-13(2)14(3)22-16;/h5-9,12H,10-11H2,1-4H3,(H2,18,19,20);1H. The minimum Gasteiger partial charge on any atom is -0.444 e. The monoisotopic (exact) mass is 460 g/mol. The Morgan fingerprint density at radius 2 is 1.96 bits per heavy atom. The topological polar surface area (TPSA) is 62.5 Å². The minimum absolute atomic E-state index is 0. The van der Waals surface area contributed by atoms with Crippen molar-refractivity contribution in [2.45, 2.75) is 37.5 Å². The quantitative estimate of drug-likeness (QED) is 0.298. The summed E-state index contributed by atoms with van der Waals surface area (Å²) in [5, 5.41) is 6.98. The lowest BCUT2D eigenvalue weighted by molar-refractivity contribution is 0.464. The molecule has 0 saturated carbocycles. The number of halogens is 1. The SMILES string of the molecule is CN=C(NCc1nc(C)c(C)o1)NCC(C)Sc1ccccc1.I. The zero-order valence-corrected chi connectivity index (χ0v) is 17.6. The molecule has 1 unspecified atom stereocenters. The van der Waals surface area contributed by atoms with E-state index in [2.05, 4.69) is 51.8 Å². The van der Waals surface area contributed by atoms with Crippen LogP contribution in [0.25, 0.3) is 0 Å². The average Bonchev–Trinajstić information content (AvgIpc) is 2.87. The molecule has 24 heavy (non-hydrogen) atoms. The third-order valence-electron chi connectivity index (χ3n) is 3.34. The van der Waals surface area contributed by atoms with E-state index in [-0.39, 0.29) is 24.0 Å². The molecule has 2 aromatic rings. The lowest BCUT2D eigenvalue weighted by Crippen LogP contribution is -2.39. The van der Waals surface area contributed by atoms with Crippen LogP contribution in [0.4, 0.5) is 0 Å². The first kappa shape index (κ1) is 20.8. The Labute approximate surface area is 165 Å². The highest BCUT2D eigenvalue weighted by atomic mass is 127. The average molecular weight is 460 g/mol. The van der Waals surface area contributed by atoms with Gasteiger partial charge in [0.05, 0.1) is 12.2 Å². The van der Waals surface area contributed by atoms with E-state index in [1.54, 1.807) is 7.05 Å². The van der Waals surface area contributed by atoms with Gasteiger partial charge >= 0.3 is 0 Å². The molecule has 0 aliphatic heterocycles. The van der Waals surface area contributed by atoms with Crippen LogP contribution in [-0.2, 0) is 6.54 Å². The molecule has 0 saturated heterocycles. The molecule has 0 radical (unpaired) electrons. The molecule has 1 atom stereocenters. The number of aromatic nitrogens is 1. The molecule has 5 nitrogen and oxygen atoms in total. The summed E-state index contributed by atoms with van der Waals surface area (Å²) in [5.41, 5.74) is 0.928. The first-order valence-electron chi connectivity index (χ1n) is 7.67. The fraction of sp³-hybridized carbons (Fsp3) is 0.412. The predicted octanol–water partition coefficient (Wildman–Crippen LogP) is 3.76. The Balaban J connectivity index is 0.00000288. The molecule has 7 heteroatoms. The van der Waals surface area contributed by atoms with Gasteiger partial charge in [0.15, 0.2) is 5.96 Å². The van der Waals surface area contributed by atoms with E-state index in [1.807, 2.05) is 31.7 Å². The number of rotatable bonds is 6. The van der Waals surface area contributed by atoms with E-state index in [9.17, 15) is 0 Å². The molecule has 0 aliphatic rings. The first-order valence-corrected chi connectivity index (χ1v) is 8.55. The molecular weight excluding hydrogens is 435 g/mol. The molecule has 0 aliphatic carbocycles. The number of benzene rings is 1. The maximum Gasteiger partial charge on any atom is 0.214 e. The van der Waals surface area contributed by atoms with Crippen molar-refractivity contribution >= 4 is 41.7 Å². The number of nitrogens with zero attached hydrogens (tertiary/aromatic N) is 2. The van der Waals surface area contributed by atoms with Gasteiger partial charge in [0.25, 0.3) is 0 Å². The lowest BCUT2D eigenvalue weighted by atomic mass is 10.4. The van der Waals surface area contributed by atoms with Crippen LogP contribution < -0.4 is 10.6 Å². The zero-order chi connectivity index (χ0) is 16.7.